The van der Waals surface area contributed by atoms with E-state index in [4.69, 9.17) is 19.9 Å². The number of carbonyl (C=O) groups excluding carboxylic acids is 1. The summed E-state index contributed by atoms with van der Waals surface area (Å²) in [6.07, 6.45) is 0.367. The summed E-state index contributed by atoms with van der Waals surface area (Å²) in [5.74, 6) is 1.40. The Balaban J connectivity index is 2.55. The van der Waals surface area contributed by atoms with Crippen molar-refractivity contribution < 1.29 is 23.7 Å². The second-order valence-electron chi connectivity index (χ2n) is 3.82. The van der Waals surface area contributed by atoms with Gasteiger partial charge in [0.25, 0.3) is 0 Å². The maximum Gasteiger partial charge on any atom is 0.322 e. The zero-order valence-electron chi connectivity index (χ0n) is 11.3. The molecule has 0 fully saturated rings. The molecular weight excluding hydrogens is 250 g/mol. The first kappa shape index (κ1) is 15.1. The Morgan fingerprint density at radius 2 is 1.63 bits per heavy atom. The summed E-state index contributed by atoms with van der Waals surface area (Å²) in [7, 11) is 4.42. The van der Waals surface area contributed by atoms with Crippen LogP contribution in [0.5, 0.6) is 17.2 Å². The molecule has 0 amide bonds. The van der Waals surface area contributed by atoms with E-state index in [1.807, 2.05) is 0 Å². The molecular formula is C13H19NO5. The molecule has 6 nitrogen and oxygen atoms in total. The van der Waals surface area contributed by atoms with Gasteiger partial charge in [0.1, 0.15) is 23.3 Å². The first-order chi connectivity index (χ1) is 9.10. The van der Waals surface area contributed by atoms with Crippen LogP contribution < -0.4 is 19.9 Å². The number of esters is 1. The zero-order chi connectivity index (χ0) is 14.3. The number of methoxy groups -OCH3 is 3. The topological polar surface area (TPSA) is 80.0 Å². The maximum absolute atomic E-state index is 11.1. The lowest BCUT2D eigenvalue weighted by Gasteiger charge is -2.12. The molecule has 1 unspecified atom stereocenters. The fraction of sp³-hybridized carbons (Fsp3) is 0.462. The second-order valence-corrected chi connectivity index (χ2v) is 3.82. The minimum absolute atomic E-state index is 0.298. The SMILES string of the molecule is COC(=O)C(N)CCOc1cc(OC)cc(OC)c1. The lowest BCUT2D eigenvalue weighted by Crippen LogP contribution is -2.33. The van der Waals surface area contributed by atoms with Crippen LogP contribution in [0.25, 0.3) is 0 Å². The van der Waals surface area contributed by atoms with Gasteiger partial charge in [-0.1, -0.05) is 0 Å². The number of ether oxygens (including phenoxy) is 4. The molecule has 19 heavy (non-hydrogen) atoms. The standard InChI is InChI=1S/C13H19NO5/c1-16-9-6-10(17-2)8-11(7-9)19-5-4-12(14)13(15)18-3/h6-8,12H,4-5,14H2,1-3H3. The van der Waals surface area contributed by atoms with Crippen LogP contribution in [0.4, 0.5) is 0 Å². The maximum atomic E-state index is 11.1. The van der Waals surface area contributed by atoms with Crippen molar-refractivity contribution in [2.45, 2.75) is 12.5 Å². The molecule has 1 atom stereocenters. The molecule has 0 aliphatic rings. The van der Waals surface area contributed by atoms with Gasteiger partial charge < -0.3 is 24.7 Å². The average Bonchev–Trinajstić information content (AvgIpc) is 2.45. The van der Waals surface area contributed by atoms with Crippen LogP contribution in [0.15, 0.2) is 18.2 Å². The van der Waals surface area contributed by atoms with Gasteiger partial charge in [-0.25, -0.2) is 0 Å². The van der Waals surface area contributed by atoms with E-state index in [-0.39, 0.29) is 0 Å². The fourth-order valence-electron chi connectivity index (χ4n) is 1.44. The van der Waals surface area contributed by atoms with Crippen LogP contribution in [0.2, 0.25) is 0 Å². The Morgan fingerprint density at radius 1 is 1.11 bits per heavy atom. The molecule has 0 saturated heterocycles. The van der Waals surface area contributed by atoms with Crippen LogP contribution in [-0.2, 0) is 9.53 Å². The summed E-state index contributed by atoms with van der Waals surface area (Å²) in [4.78, 5) is 11.1. The summed E-state index contributed by atoms with van der Waals surface area (Å²) in [6, 6.07) is 4.52. The quantitative estimate of drug-likeness (QED) is 0.743. The smallest absolute Gasteiger partial charge is 0.322 e. The molecule has 0 heterocycles. The number of carbonyl (C=O) groups is 1. The molecule has 0 aliphatic heterocycles. The highest BCUT2D eigenvalue weighted by Gasteiger charge is 2.13. The lowest BCUT2D eigenvalue weighted by molar-refractivity contribution is -0.142. The molecule has 2 N–H and O–H groups in total. The third kappa shape index (κ3) is 4.67. The first-order valence-corrected chi connectivity index (χ1v) is 5.80. The summed E-state index contributed by atoms with van der Waals surface area (Å²) in [6.45, 7) is 0.298. The molecule has 0 bridgehead atoms. The second kappa shape index (κ2) is 7.48. The summed E-state index contributed by atoms with van der Waals surface area (Å²) in [5.41, 5.74) is 5.60. The molecule has 6 heteroatoms. The van der Waals surface area contributed by atoms with Gasteiger partial charge in [-0.2, -0.15) is 0 Å². The van der Waals surface area contributed by atoms with Crippen LogP contribution in [0.1, 0.15) is 6.42 Å². The Kier molecular flexibility index (Phi) is 5.95. The van der Waals surface area contributed by atoms with Crippen molar-refractivity contribution in [3.05, 3.63) is 18.2 Å². The minimum Gasteiger partial charge on any atom is -0.496 e. The predicted octanol–water partition coefficient (Wildman–Crippen LogP) is 0.973. The molecule has 0 aliphatic carbocycles. The highest BCUT2D eigenvalue weighted by Crippen LogP contribution is 2.27. The van der Waals surface area contributed by atoms with Gasteiger partial charge in [-0.15, -0.1) is 0 Å². The largest absolute Gasteiger partial charge is 0.496 e. The van der Waals surface area contributed by atoms with E-state index in [2.05, 4.69) is 4.74 Å². The van der Waals surface area contributed by atoms with Gasteiger partial charge in [-0.05, 0) is 0 Å². The van der Waals surface area contributed by atoms with Gasteiger partial charge in [0.2, 0.25) is 0 Å². The molecule has 0 radical (unpaired) electrons. The van der Waals surface area contributed by atoms with E-state index in [0.29, 0.717) is 30.3 Å². The van der Waals surface area contributed by atoms with Crippen molar-refractivity contribution >= 4 is 5.97 Å². The fourth-order valence-corrected chi connectivity index (χ4v) is 1.44. The van der Waals surface area contributed by atoms with Gasteiger partial charge in [-0.3, -0.25) is 4.79 Å². The van der Waals surface area contributed by atoms with Crippen molar-refractivity contribution in [2.24, 2.45) is 5.73 Å². The van der Waals surface area contributed by atoms with Crippen LogP contribution in [0, 0.1) is 0 Å². The Bertz CT molecular complexity index is 399. The molecule has 106 valence electrons. The van der Waals surface area contributed by atoms with Gasteiger partial charge in [0.15, 0.2) is 0 Å². The lowest BCUT2D eigenvalue weighted by atomic mass is 10.2. The molecule has 1 aromatic rings. The highest BCUT2D eigenvalue weighted by atomic mass is 16.5. The number of benzene rings is 1. The van der Waals surface area contributed by atoms with E-state index in [9.17, 15) is 4.79 Å². The Morgan fingerprint density at radius 3 is 2.11 bits per heavy atom. The number of rotatable bonds is 7. The molecule has 1 aromatic carbocycles. The van der Waals surface area contributed by atoms with Crippen LogP contribution in [0.3, 0.4) is 0 Å². The van der Waals surface area contributed by atoms with E-state index >= 15 is 0 Å². The van der Waals surface area contributed by atoms with Gasteiger partial charge in [0.05, 0.1) is 27.9 Å². The van der Waals surface area contributed by atoms with E-state index < -0.39 is 12.0 Å². The normalized spacial score (nSPS) is 11.6. The third-order valence-corrected chi connectivity index (χ3v) is 2.53. The molecule has 1 rings (SSSR count). The van der Waals surface area contributed by atoms with Crippen molar-refractivity contribution in [1.82, 2.24) is 0 Å². The Hall–Kier alpha value is -1.95. The Labute approximate surface area is 112 Å². The van der Waals surface area contributed by atoms with Gasteiger partial charge in [0, 0.05) is 24.6 Å². The molecule has 0 spiro atoms. The zero-order valence-corrected chi connectivity index (χ0v) is 11.3. The molecule has 0 saturated carbocycles. The minimum atomic E-state index is -0.683. The summed E-state index contributed by atoms with van der Waals surface area (Å²) >= 11 is 0. The number of nitrogens with two attached hydrogens (primary N) is 1. The monoisotopic (exact) mass is 269 g/mol. The van der Waals surface area contributed by atoms with Crippen LogP contribution >= 0.6 is 0 Å². The third-order valence-electron chi connectivity index (χ3n) is 2.53. The molecule has 0 aromatic heterocycles. The van der Waals surface area contributed by atoms with Crippen molar-refractivity contribution in [3.63, 3.8) is 0 Å². The van der Waals surface area contributed by atoms with E-state index in [1.165, 1.54) is 7.11 Å². The van der Waals surface area contributed by atoms with E-state index in [0.717, 1.165) is 0 Å². The van der Waals surface area contributed by atoms with Crippen LogP contribution in [-0.4, -0.2) is 39.9 Å². The van der Waals surface area contributed by atoms with E-state index in [1.54, 1.807) is 32.4 Å². The predicted molar refractivity (Wildman–Crippen MR) is 69.6 cm³/mol. The summed E-state index contributed by atoms with van der Waals surface area (Å²) in [5, 5.41) is 0. The van der Waals surface area contributed by atoms with Crippen molar-refractivity contribution in [1.29, 1.82) is 0 Å². The van der Waals surface area contributed by atoms with Crippen molar-refractivity contribution in [3.8, 4) is 17.2 Å². The highest BCUT2D eigenvalue weighted by molar-refractivity contribution is 5.75. The first-order valence-electron chi connectivity index (χ1n) is 5.80. The summed E-state index contributed by atoms with van der Waals surface area (Å²) < 4.78 is 20.3. The number of hydrogen-bond acceptors (Lipinski definition) is 6. The van der Waals surface area contributed by atoms with Gasteiger partial charge >= 0.3 is 5.97 Å². The van der Waals surface area contributed by atoms with Crippen molar-refractivity contribution in [2.75, 3.05) is 27.9 Å². The average molecular weight is 269 g/mol. The number of hydrogen-bond donors (Lipinski definition) is 1.